The van der Waals surface area contributed by atoms with Crippen molar-refractivity contribution < 1.29 is 18.0 Å². The lowest BCUT2D eigenvalue weighted by Crippen LogP contribution is -2.15. The van der Waals surface area contributed by atoms with Gasteiger partial charge in [-0.2, -0.15) is 18.4 Å². The van der Waals surface area contributed by atoms with Gasteiger partial charge in [0.2, 0.25) is 5.78 Å². The molecular formula is C15H10F3N5O. The number of pyridine rings is 1. The van der Waals surface area contributed by atoms with Gasteiger partial charge in [0, 0.05) is 31.8 Å². The molecule has 1 unspecified atom stereocenters. The second-order valence-electron chi connectivity index (χ2n) is 5.10. The van der Waals surface area contributed by atoms with Gasteiger partial charge in [-0.1, -0.05) is 0 Å². The highest BCUT2D eigenvalue weighted by molar-refractivity contribution is 6.01. The van der Waals surface area contributed by atoms with E-state index in [4.69, 9.17) is 0 Å². The van der Waals surface area contributed by atoms with Crippen molar-refractivity contribution in [1.82, 2.24) is 18.9 Å². The lowest BCUT2D eigenvalue weighted by molar-refractivity contribution is -0.136. The first kappa shape index (κ1) is 15.7. The molecule has 3 aromatic rings. The van der Waals surface area contributed by atoms with E-state index in [1.807, 2.05) is 6.07 Å². The molecule has 0 radical (unpaired) electrons. The summed E-state index contributed by atoms with van der Waals surface area (Å²) in [5.41, 5.74) is -1.55. The van der Waals surface area contributed by atoms with Crippen molar-refractivity contribution in [3.63, 3.8) is 0 Å². The maximum absolute atomic E-state index is 13.0. The van der Waals surface area contributed by atoms with Gasteiger partial charge in [0.05, 0.1) is 11.6 Å². The summed E-state index contributed by atoms with van der Waals surface area (Å²) in [6, 6.07) is 3.93. The number of ketones is 1. The molecule has 0 spiro atoms. The number of carbonyl (C=O) groups excluding carboxylic acids is 1. The number of rotatable bonds is 3. The topological polar surface area (TPSA) is 76.0 Å². The number of halogens is 3. The average molecular weight is 333 g/mol. The fraction of sp³-hybridized carbons (Fsp3) is 0.200. The SMILES string of the molecule is Cn1ccnc1C(C#N)C(=O)c1cn2cccc(C(F)(F)F)c2n1. The molecule has 0 aliphatic carbocycles. The van der Waals surface area contributed by atoms with Crippen LogP contribution in [-0.4, -0.2) is 24.7 Å². The van der Waals surface area contributed by atoms with E-state index in [2.05, 4.69) is 9.97 Å². The van der Waals surface area contributed by atoms with Crippen molar-refractivity contribution in [3.05, 3.63) is 54.0 Å². The third kappa shape index (κ3) is 2.52. The Morgan fingerprint density at radius 1 is 1.38 bits per heavy atom. The van der Waals surface area contributed by atoms with Crippen LogP contribution in [0, 0.1) is 11.3 Å². The van der Waals surface area contributed by atoms with E-state index in [1.54, 1.807) is 13.2 Å². The van der Waals surface area contributed by atoms with Gasteiger partial charge in [-0.25, -0.2) is 9.97 Å². The Morgan fingerprint density at radius 2 is 2.12 bits per heavy atom. The summed E-state index contributed by atoms with van der Waals surface area (Å²) in [5, 5.41) is 9.27. The van der Waals surface area contributed by atoms with Crippen molar-refractivity contribution in [2.75, 3.05) is 0 Å². The van der Waals surface area contributed by atoms with E-state index in [0.29, 0.717) is 0 Å². The molecule has 0 N–H and O–H groups in total. The maximum Gasteiger partial charge on any atom is 0.419 e. The van der Waals surface area contributed by atoms with Gasteiger partial charge in [-0.3, -0.25) is 4.79 Å². The molecule has 9 heteroatoms. The van der Waals surface area contributed by atoms with Gasteiger partial charge in [0.15, 0.2) is 5.92 Å². The highest BCUT2D eigenvalue weighted by Crippen LogP contribution is 2.32. The first-order chi connectivity index (χ1) is 11.3. The van der Waals surface area contributed by atoms with E-state index in [0.717, 1.165) is 10.5 Å². The Hall–Kier alpha value is -3.15. The molecule has 0 aliphatic rings. The van der Waals surface area contributed by atoms with Crippen LogP contribution in [0.3, 0.4) is 0 Å². The number of Topliss-reactive ketones (excluding diaryl/α,β-unsaturated/α-hetero) is 1. The number of fused-ring (bicyclic) bond motifs is 1. The molecule has 6 nitrogen and oxygen atoms in total. The second kappa shape index (κ2) is 5.49. The third-order valence-corrected chi connectivity index (χ3v) is 3.55. The normalized spacial score (nSPS) is 13.0. The molecule has 3 aromatic heterocycles. The molecule has 3 heterocycles. The van der Waals surface area contributed by atoms with Crippen LogP contribution < -0.4 is 0 Å². The summed E-state index contributed by atoms with van der Waals surface area (Å²) in [6.07, 6.45) is 0.940. The summed E-state index contributed by atoms with van der Waals surface area (Å²) in [4.78, 5) is 20.3. The van der Waals surface area contributed by atoms with Crippen LogP contribution in [-0.2, 0) is 13.2 Å². The van der Waals surface area contributed by atoms with E-state index < -0.39 is 23.4 Å². The molecule has 24 heavy (non-hydrogen) atoms. The molecule has 0 amide bonds. The molecule has 0 bridgehead atoms. The fourth-order valence-corrected chi connectivity index (χ4v) is 2.39. The Balaban J connectivity index is 2.08. The minimum atomic E-state index is -4.59. The number of nitrogens with zero attached hydrogens (tertiary/aromatic N) is 5. The summed E-state index contributed by atoms with van der Waals surface area (Å²) >= 11 is 0. The lowest BCUT2D eigenvalue weighted by Gasteiger charge is -2.07. The zero-order valence-corrected chi connectivity index (χ0v) is 12.3. The van der Waals surface area contributed by atoms with Gasteiger partial charge >= 0.3 is 6.18 Å². The fourth-order valence-electron chi connectivity index (χ4n) is 2.39. The maximum atomic E-state index is 13.0. The molecule has 0 saturated heterocycles. The summed E-state index contributed by atoms with van der Waals surface area (Å²) < 4.78 is 41.7. The molecule has 0 aliphatic heterocycles. The highest BCUT2D eigenvalue weighted by atomic mass is 19.4. The largest absolute Gasteiger partial charge is 0.419 e. The standard InChI is InChI=1S/C15H10F3N5O/c1-22-6-4-20-13(22)9(7-19)12(24)11-8-23-5-2-3-10(14(23)21-11)15(16,17)18/h2-6,8-9H,1H3. The second-order valence-corrected chi connectivity index (χ2v) is 5.10. The van der Waals surface area contributed by atoms with Crippen LogP contribution in [0.15, 0.2) is 36.9 Å². The summed E-state index contributed by atoms with van der Waals surface area (Å²) in [7, 11) is 1.62. The van der Waals surface area contributed by atoms with Gasteiger partial charge in [0.25, 0.3) is 0 Å². The molecule has 0 saturated carbocycles. The van der Waals surface area contributed by atoms with Crippen LogP contribution >= 0.6 is 0 Å². The Morgan fingerprint density at radius 3 is 2.71 bits per heavy atom. The number of alkyl halides is 3. The molecule has 1 atom stereocenters. The molecule has 0 aromatic carbocycles. The van der Waals surface area contributed by atoms with Crippen molar-refractivity contribution in [2.45, 2.75) is 12.1 Å². The number of aryl methyl sites for hydroxylation is 1. The number of hydrogen-bond donors (Lipinski definition) is 0. The van der Waals surface area contributed by atoms with Crippen LogP contribution in [0.5, 0.6) is 0 Å². The number of nitriles is 1. The smallest absolute Gasteiger partial charge is 0.337 e. The first-order valence-electron chi connectivity index (χ1n) is 6.79. The molecule has 122 valence electrons. The van der Waals surface area contributed by atoms with Crippen molar-refractivity contribution in [1.29, 1.82) is 5.26 Å². The van der Waals surface area contributed by atoms with Crippen molar-refractivity contribution >= 4 is 11.4 Å². The van der Waals surface area contributed by atoms with Gasteiger partial charge in [-0.05, 0) is 12.1 Å². The monoisotopic (exact) mass is 333 g/mol. The first-order valence-corrected chi connectivity index (χ1v) is 6.79. The number of imidazole rings is 2. The lowest BCUT2D eigenvalue weighted by atomic mass is 10.0. The Kier molecular flexibility index (Phi) is 3.60. The molecule has 0 fully saturated rings. The van der Waals surface area contributed by atoms with E-state index in [1.165, 1.54) is 29.2 Å². The quantitative estimate of drug-likeness (QED) is 0.690. The minimum Gasteiger partial charge on any atom is -0.337 e. The van der Waals surface area contributed by atoms with Crippen molar-refractivity contribution in [3.8, 4) is 6.07 Å². The average Bonchev–Trinajstić information content (AvgIpc) is 3.13. The zero-order valence-electron chi connectivity index (χ0n) is 12.3. The Labute approximate surface area is 133 Å². The van der Waals surface area contributed by atoms with Crippen LogP contribution in [0.4, 0.5) is 13.2 Å². The minimum absolute atomic E-state index is 0.204. The molecular weight excluding hydrogens is 323 g/mol. The molecule has 3 rings (SSSR count). The van der Waals surface area contributed by atoms with E-state index in [9.17, 15) is 23.2 Å². The van der Waals surface area contributed by atoms with E-state index in [-0.39, 0.29) is 17.2 Å². The predicted molar refractivity (Wildman–Crippen MR) is 76.1 cm³/mol. The zero-order chi connectivity index (χ0) is 17.5. The Bertz CT molecular complexity index is 964. The summed E-state index contributed by atoms with van der Waals surface area (Å²) in [5.74, 6) is -1.75. The highest BCUT2D eigenvalue weighted by Gasteiger charge is 2.35. The number of aromatic nitrogens is 4. The van der Waals surface area contributed by atoms with Crippen LogP contribution in [0.25, 0.3) is 5.65 Å². The van der Waals surface area contributed by atoms with Crippen LogP contribution in [0.2, 0.25) is 0 Å². The van der Waals surface area contributed by atoms with Crippen LogP contribution in [0.1, 0.15) is 27.8 Å². The van der Waals surface area contributed by atoms with Gasteiger partial charge in [0.1, 0.15) is 17.2 Å². The van der Waals surface area contributed by atoms with E-state index >= 15 is 0 Å². The van der Waals surface area contributed by atoms with Gasteiger partial charge in [-0.15, -0.1) is 0 Å². The predicted octanol–water partition coefficient (Wildman–Crippen LogP) is 2.58. The summed E-state index contributed by atoms with van der Waals surface area (Å²) in [6.45, 7) is 0. The number of carbonyl (C=O) groups is 1. The number of hydrogen-bond acceptors (Lipinski definition) is 4. The third-order valence-electron chi connectivity index (χ3n) is 3.55. The van der Waals surface area contributed by atoms with Gasteiger partial charge < -0.3 is 8.97 Å². The van der Waals surface area contributed by atoms with Crippen molar-refractivity contribution in [2.24, 2.45) is 7.05 Å².